The zero-order valence-corrected chi connectivity index (χ0v) is 30.4. The Morgan fingerprint density at radius 2 is 1.58 bits per heavy atom. The lowest BCUT2D eigenvalue weighted by Crippen LogP contribution is -2.46. The molecule has 5 N–H and O–H groups in total. The van der Waals surface area contributed by atoms with E-state index in [0.717, 1.165) is 16.7 Å². The number of hydrogen-bond donors (Lipinski definition) is 5. The van der Waals surface area contributed by atoms with E-state index in [1.807, 2.05) is 19.2 Å². The van der Waals surface area contributed by atoms with E-state index < -0.39 is 33.9 Å². The van der Waals surface area contributed by atoms with Crippen LogP contribution in [0, 0.1) is 0 Å². The van der Waals surface area contributed by atoms with Gasteiger partial charge in [0.25, 0.3) is 5.91 Å². The molecule has 0 aliphatic carbocycles. The van der Waals surface area contributed by atoms with Crippen molar-refractivity contribution in [2.75, 3.05) is 86.1 Å². The van der Waals surface area contributed by atoms with E-state index in [2.05, 4.69) is 14.9 Å². The quantitative estimate of drug-likeness (QED) is 0.0958. The first-order chi connectivity index (χ1) is 23.9. The van der Waals surface area contributed by atoms with Crippen molar-refractivity contribution in [1.29, 1.82) is 0 Å². The highest BCUT2D eigenvalue weighted by atomic mass is 35.5. The lowest BCUT2D eigenvalue weighted by atomic mass is 9.85. The van der Waals surface area contributed by atoms with E-state index in [4.69, 9.17) is 47.3 Å². The van der Waals surface area contributed by atoms with Crippen LogP contribution in [0.15, 0.2) is 41.3 Å². The molecular weight excluding hydrogens is 717 g/mol. The SMILES string of the molecule is CN1Cc2c(Cl)cc(Cl)cc2C(c2cccc(S(=O)(=O)NCCOCCOCCOCCNC(=O)C(O)C(O)C(=O)CCCOCCO)c2)C1. The van der Waals surface area contributed by atoms with Crippen molar-refractivity contribution in [2.24, 2.45) is 0 Å². The molecule has 14 nitrogen and oxygen atoms in total. The maximum absolute atomic E-state index is 13.0. The van der Waals surface area contributed by atoms with Crippen LogP contribution in [0.1, 0.15) is 35.4 Å². The molecule has 1 aliphatic heterocycles. The average Bonchev–Trinajstić information content (AvgIpc) is 3.09. The number of rotatable bonds is 24. The van der Waals surface area contributed by atoms with Gasteiger partial charge in [0.1, 0.15) is 6.10 Å². The number of hydrogen-bond acceptors (Lipinski definition) is 12. The monoisotopic (exact) mass is 763 g/mol. The Balaban J connectivity index is 1.25. The number of aliphatic hydroxyl groups is 3. The van der Waals surface area contributed by atoms with Gasteiger partial charge in [0, 0.05) is 55.2 Å². The van der Waals surface area contributed by atoms with Crippen LogP contribution >= 0.6 is 23.2 Å². The smallest absolute Gasteiger partial charge is 0.252 e. The van der Waals surface area contributed by atoms with Gasteiger partial charge in [-0.1, -0.05) is 35.3 Å². The first-order valence-electron chi connectivity index (χ1n) is 16.3. The molecule has 3 atom stereocenters. The van der Waals surface area contributed by atoms with E-state index in [-0.39, 0.29) is 96.2 Å². The Morgan fingerprint density at radius 1 is 0.920 bits per heavy atom. The highest BCUT2D eigenvalue weighted by Crippen LogP contribution is 2.38. The number of sulfonamides is 1. The van der Waals surface area contributed by atoms with E-state index in [9.17, 15) is 28.2 Å². The third kappa shape index (κ3) is 13.7. The average molecular weight is 765 g/mol. The zero-order chi connectivity index (χ0) is 36.5. The minimum atomic E-state index is -3.79. The fourth-order valence-corrected chi connectivity index (χ4v) is 6.87. The Kier molecular flexibility index (Phi) is 18.5. The lowest BCUT2D eigenvalue weighted by Gasteiger charge is -2.33. The molecule has 2 aromatic carbocycles. The molecule has 1 heterocycles. The molecule has 3 unspecified atom stereocenters. The molecule has 280 valence electrons. The molecule has 50 heavy (non-hydrogen) atoms. The predicted octanol–water partition coefficient (Wildman–Crippen LogP) is 1.10. The van der Waals surface area contributed by atoms with Gasteiger partial charge in [-0.05, 0) is 54.4 Å². The lowest BCUT2D eigenvalue weighted by molar-refractivity contribution is -0.145. The highest BCUT2D eigenvalue weighted by Gasteiger charge is 2.30. The third-order valence-electron chi connectivity index (χ3n) is 7.74. The van der Waals surface area contributed by atoms with E-state index in [1.165, 1.54) is 0 Å². The molecule has 0 saturated carbocycles. The molecule has 0 saturated heterocycles. The van der Waals surface area contributed by atoms with Crippen LogP contribution in [0.4, 0.5) is 0 Å². The summed E-state index contributed by atoms with van der Waals surface area (Å²) in [5.74, 6) is -1.68. The summed E-state index contributed by atoms with van der Waals surface area (Å²) in [7, 11) is -1.80. The first kappa shape index (κ1) is 42.2. The van der Waals surface area contributed by atoms with Gasteiger partial charge in [-0.25, -0.2) is 13.1 Å². The first-order valence-corrected chi connectivity index (χ1v) is 18.5. The maximum atomic E-state index is 13.0. The van der Waals surface area contributed by atoms with Crippen molar-refractivity contribution in [3.63, 3.8) is 0 Å². The summed E-state index contributed by atoms with van der Waals surface area (Å²) in [6, 6.07) is 10.5. The van der Waals surface area contributed by atoms with Crippen molar-refractivity contribution >= 4 is 44.9 Å². The third-order valence-corrected chi connectivity index (χ3v) is 9.75. The van der Waals surface area contributed by atoms with E-state index >= 15 is 0 Å². The van der Waals surface area contributed by atoms with Crippen molar-refractivity contribution in [1.82, 2.24) is 14.9 Å². The maximum Gasteiger partial charge on any atom is 0.252 e. The number of nitrogens with one attached hydrogen (secondary N) is 2. The molecule has 1 amide bonds. The molecule has 0 bridgehead atoms. The van der Waals surface area contributed by atoms with Crippen LogP contribution in [0.5, 0.6) is 0 Å². The van der Waals surface area contributed by atoms with Gasteiger partial charge < -0.3 is 44.5 Å². The van der Waals surface area contributed by atoms with Gasteiger partial charge in [0.05, 0.1) is 57.8 Å². The standard InChI is InChI=1S/C33H47Cl2N3O11S/c1-38-21-27(26-19-24(34)20-29(35)28(26)22-38)23-4-2-5-25(18-23)50(44,45)37-8-12-48-15-17-49-16-14-47-11-7-36-33(43)32(42)31(41)30(40)6-3-10-46-13-9-39/h2,4-5,18-20,27,31-32,37,39,41-42H,3,6-17,21-22H2,1H3,(H,36,43). The fourth-order valence-electron chi connectivity index (χ4n) is 5.24. The van der Waals surface area contributed by atoms with Crippen LogP contribution in [-0.4, -0.2) is 139 Å². The van der Waals surface area contributed by atoms with Gasteiger partial charge in [-0.15, -0.1) is 0 Å². The summed E-state index contributed by atoms with van der Waals surface area (Å²) in [4.78, 5) is 26.2. The number of Topliss-reactive ketones (excluding diaryl/α,β-unsaturated/α-hetero) is 1. The normalized spacial score (nSPS) is 16.2. The van der Waals surface area contributed by atoms with Gasteiger partial charge >= 0.3 is 0 Å². The number of ketones is 1. The summed E-state index contributed by atoms with van der Waals surface area (Å²) in [5.41, 5.74) is 2.82. The van der Waals surface area contributed by atoms with E-state index in [1.54, 1.807) is 24.3 Å². The van der Waals surface area contributed by atoms with Crippen LogP contribution in [0.3, 0.4) is 0 Å². The van der Waals surface area contributed by atoms with Crippen LogP contribution in [0.25, 0.3) is 0 Å². The second-order valence-electron chi connectivity index (χ2n) is 11.6. The van der Waals surface area contributed by atoms with Gasteiger partial charge in [0.15, 0.2) is 11.9 Å². The molecule has 17 heteroatoms. The minimum Gasteiger partial charge on any atom is -0.394 e. The van der Waals surface area contributed by atoms with Gasteiger partial charge in [-0.3, -0.25) is 9.59 Å². The predicted molar refractivity (Wildman–Crippen MR) is 186 cm³/mol. The highest BCUT2D eigenvalue weighted by molar-refractivity contribution is 7.89. The second kappa shape index (κ2) is 22.0. The largest absolute Gasteiger partial charge is 0.394 e. The van der Waals surface area contributed by atoms with Crippen LogP contribution < -0.4 is 10.0 Å². The number of halogens is 2. The van der Waals surface area contributed by atoms with Gasteiger partial charge in [-0.2, -0.15) is 0 Å². The summed E-state index contributed by atoms with van der Waals surface area (Å²) < 4.78 is 49.9. The number of fused-ring (bicyclic) bond motifs is 1. The van der Waals surface area contributed by atoms with Crippen LogP contribution in [0.2, 0.25) is 10.0 Å². The summed E-state index contributed by atoms with van der Waals surface area (Å²) in [5, 5.41) is 31.9. The number of ether oxygens (including phenoxy) is 4. The summed E-state index contributed by atoms with van der Waals surface area (Å²) in [6.45, 7) is 2.91. The Morgan fingerprint density at radius 3 is 2.28 bits per heavy atom. The zero-order valence-electron chi connectivity index (χ0n) is 28.0. The van der Waals surface area contributed by atoms with Crippen LogP contribution in [-0.2, 0) is 45.1 Å². The number of carbonyl (C=O) groups is 2. The number of amides is 1. The molecule has 0 aromatic heterocycles. The molecule has 1 aliphatic rings. The molecule has 3 rings (SSSR count). The Labute approximate surface area is 303 Å². The summed E-state index contributed by atoms with van der Waals surface area (Å²) in [6.07, 6.45) is -3.55. The van der Waals surface area contributed by atoms with E-state index in [0.29, 0.717) is 23.1 Å². The second-order valence-corrected chi connectivity index (χ2v) is 14.2. The molecule has 0 radical (unpaired) electrons. The Hall–Kier alpha value is -2.25. The minimum absolute atomic E-state index is 0.0464. The summed E-state index contributed by atoms with van der Waals surface area (Å²) >= 11 is 12.8. The number of likely N-dealkylation sites (N-methyl/N-ethyl adjacent to an activating group) is 1. The number of nitrogens with zero attached hydrogens (tertiary/aromatic N) is 1. The fraction of sp³-hybridized carbons (Fsp3) is 0.576. The molecule has 0 spiro atoms. The molecule has 0 fully saturated rings. The van der Waals surface area contributed by atoms with Crippen molar-refractivity contribution in [3.8, 4) is 0 Å². The molecular formula is C33H47Cl2N3O11S. The van der Waals surface area contributed by atoms with Crippen molar-refractivity contribution in [2.45, 2.75) is 42.4 Å². The number of aliphatic hydroxyl groups excluding tert-OH is 3. The molecule has 2 aromatic rings. The van der Waals surface area contributed by atoms with Gasteiger partial charge in [0.2, 0.25) is 10.0 Å². The Bertz CT molecular complexity index is 1480. The van der Waals surface area contributed by atoms with Crippen molar-refractivity contribution in [3.05, 3.63) is 63.1 Å². The van der Waals surface area contributed by atoms with Crippen molar-refractivity contribution < 1.29 is 52.3 Å². The number of carbonyl (C=O) groups excluding carboxylic acids is 2. The topological polar surface area (TPSA) is 193 Å². The number of benzene rings is 2.